The predicted octanol–water partition coefficient (Wildman–Crippen LogP) is 7.01. The van der Waals surface area contributed by atoms with E-state index >= 15 is 0 Å². The molecule has 0 radical (unpaired) electrons. The van der Waals surface area contributed by atoms with Crippen LogP contribution in [0.4, 0.5) is 0 Å². The van der Waals surface area contributed by atoms with Gasteiger partial charge in [0.1, 0.15) is 0 Å². The molecule has 0 saturated carbocycles. The number of carbonyl (C=O) groups is 2. The average Bonchev–Trinajstić information content (AvgIpc) is 2.72. The van der Waals surface area contributed by atoms with Crippen molar-refractivity contribution in [3.63, 3.8) is 0 Å². The molecule has 0 aliphatic carbocycles. The summed E-state index contributed by atoms with van der Waals surface area (Å²) in [6.07, 6.45) is 18.2. The van der Waals surface area contributed by atoms with Crippen molar-refractivity contribution in [2.45, 2.75) is 111 Å². The van der Waals surface area contributed by atoms with Crippen molar-refractivity contribution in [1.82, 2.24) is 0 Å². The van der Waals surface area contributed by atoms with E-state index in [-0.39, 0.29) is 11.9 Å². The first-order valence-electron chi connectivity index (χ1n) is 12.0. The molecule has 0 aromatic heterocycles. The number of unbranched alkanes of at least 4 members (excludes halogenated alkanes) is 10. The molecular formula is C25H46O4. The molecule has 0 aromatic rings. The number of carbonyl (C=O) groups excluding carboxylic acids is 2. The zero-order valence-corrected chi connectivity index (χ0v) is 19.5. The third-order valence-corrected chi connectivity index (χ3v) is 5.39. The maximum Gasteiger partial charge on any atom is 0.310 e. The summed E-state index contributed by atoms with van der Waals surface area (Å²) in [6, 6.07) is 0. The van der Waals surface area contributed by atoms with Crippen molar-refractivity contribution in [2.24, 2.45) is 11.8 Å². The topological polar surface area (TPSA) is 52.6 Å². The van der Waals surface area contributed by atoms with Gasteiger partial charge in [-0.05, 0) is 26.2 Å². The van der Waals surface area contributed by atoms with Gasteiger partial charge in [-0.3, -0.25) is 9.59 Å². The SMILES string of the molecule is CC=CCC(C(=O)OCCCCCCCC)C(C)C(=O)OCCCCCCCC. The highest BCUT2D eigenvalue weighted by atomic mass is 16.5. The summed E-state index contributed by atoms with van der Waals surface area (Å²) in [5.41, 5.74) is 0. The van der Waals surface area contributed by atoms with E-state index in [9.17, 15) is 9.59 Å². The van der Waals surface area contributed by atoms with Crippen LogP contribution in [0.15, 0.2) is 12.2 Å². The van der Waals surface area contributed by atoms with Gasteiger partial charge in [-0.2, -0.15) is 0 Å². The van der Waals surface area contributed by atoms with Crippen LogP contribution in [0.1, 0.15) is 111 Å². The molecule has 0 rings (SSSR count). The molecule has 0 fully saturated rings. The first-order chi connectivity index (χ1) is 14.1. The van der Waals surface area contributed by atoms with E-state index in [0.29, 0.717) is 19.6 Å². The van der Waals surface area contributed by atoms with Crippen LogP contribution in [-0.4, -0.2) is 25.2 Å². The number of hydrogen-bond donors (Lipinski definition) is 0. The molecule has 0 bridgehead atoms. The Kier molecular flexibility index (Phi) is 19.1. The Labute approximate surface area is 179 Å². The largest absolute Gasteiger partial charge is 0.465 e. The third-order valence-electron chi connectivity index (χ3n) is 5.39. The lowest BCUT2D eigenvalue weighted by molar-refractivity contribution is -0.160. The van der Waals surface area contributed by atoms with E-state index in [1.165, 1.54) is 51.4 Å². The molecule has 0 saturated heterocycles. The van der Waals surface area contributed by atoms with E-state index < -0.39 is 11.8 Å². The zero-order valence-electron chi connectivity index (χ0n) is 19.5. The molecule has 0 amide bonds. The number of hydrogen-bond acceptors (Lipinski definition) is 4. The molecule has 0 aliphatic rings. The Hall–Kier alpha value is -1.32. The fraction of sp³-hybridized carbons (Fsp3) is 0.840. The Morgan fingerprint density at radius 2 is 1.17 bits per heavy atom. The number of ether oxygens (including phenoxy) is 2. The molecule has 0 aliphatic heterocycles. The molecule has 0 N–H and O–H groups in total. The minimum Gasteiger partial charge on any atom is -0.465 e. The lowest BCUT2D eigenvalue weighted by Gasteiger charge is -2.20. The normalized spacial score (nSPS) is 13.4. The van der Waals surface area contributed by atoms with Gasteiger partial charge >= 0.3 is 11.9 Å². The van der Waals surface area contributed by atoms with Gasteiger partial charge in [0.15, 0.2) is 0 Å². The summed E-state index contributed by atoms with van der Waals surface area (Å²) >= 11 is 0. The van der Waals surface area contributed by atoms with Crippen molar-refractivity contribution < 1.29 is 19.1 Å². The maximum atomic E-state index is 12.5. The Balaban J connectivity index is 4.25. The van der Waals surface area contributed by atoms with Crippen molar-refractivity contribution in [3.05, 3.63) is 12.2 Å². The molecule has 0 aromatic carbocycles. The molecule has 4 heteroatoms. The fourth-order valence-corrected chi connectivity index (χ4v) is 3.30. The summed E-state index contributed by atoms with van der Waals surface area (Å²) in [4.78, 5) is 25.0. The van der Waals surface area contributed by atoms with Crippen LogP contribution in [-0.2, 0) is 19.1 Å². The van der Waals surface area contributed by atoms with Crippen LogP contribution in [0.25, 0.3) is 0 Å². The lowest BCUT2D eigenvalue weighted by Crippen LogP contribution is -2.31. The second-order valence-electron chi connectivity index (χ2n) is 8.07. The number of esters is 2. The summed E-state index contributed by atoms with van der Waals surface area (Å²) in [5, 5.41) is 0. The van der Waals surface area contributed by atoms with Gasteiger partial charge in [-0.25, -0.2) is 0 Å². The minimum atomic E-state index is -0.483. The van der Waals surface area contributed by atoms with E-state index in [1.807, 2.05) is 19.1 Å². The van der Waals surface area contributed by atoms with E-state index in [4.69, 9.17) is 9.47 Å². The summed E-state index contributed by atoms with van der Waals surface area (Å²) in [5.74, 6) is -1.52. The zero-order chi connectivity index (χ0) is 21.7. The fourth-order valence-electron chi connectivity index (χ4n) is 3.30. The van der Waals surface area contributed by atoms with Gasteiger partial charge in [0, 0.05) is 0 Å². The highest BCUT2D eigenvalue weighted by Gasteiger charge is 2.31. The van der Waals surface area contributed by atoms with Gasteiger partial charge in [-0.15, -0.1) is 0 Å². The molecule has 4 nitrogen and oxygen atoms in total. The number of rotatable bonds is 19. The quantitative estimate of drug-likeness (QED) is 0.130. The summed E-state index contributed by atoms with van der Waals surface area (Å²) in [7, 11) is 0. The standard InChI is InChI=1S/C25H46O4/c1-5-8-11-13-15-17-20-28-24(26)22(4)23(19-10-7-3)25(27)29-21-18-16-14-12-9-6-2/h7,10,22-23H,5-6,8-9,11-21H2,1-4H3. The molecule has 0 spiro atoms. The van der Waals surface area contributed by atoms with E-state index in [0.717, 1.165) is 25.7 Å². The molecule has 2 unspecified atom stereocenters. The lowest BCUT2D eigenvalue weighted by atomic mass is 9.91. The molecule has 0 heterocycles. The summed E-state index contributed by atoms with van der Waals surface area (Å²) in [6.45, 7) is 8.98. The second-order valence-corrected chi connectivity index (χ2v) is 8.07. The Bertz CT molecular complexity index is 431. The average molecular weight is 411 g/mol. The van der Waals surface area contributed by atoms with Crippen LogP contribution >= 0.6 is 0 Å². The molecule has 2 atom stereocenters. The van der Waals surface area contributed by atoms with Gasteiger partial charge in [0.05, 0.1) is 25.0 Å². The molecule has 29 heavy (non-hydrogen) atoms. The minimum absolute atomic E-state index is 0.277. The van der Waals surface area contributed by atoms with Crippen LogP contribution in [0.3, 0.4) is 0 Å². The monoisotopic (exact) mass is 410 g/mol. The second kappa shape index (κ2) is 20.0. The van der Waals surface area contributed by atoms with Gasteiger partial charge in [0.25, 0.3) is 0 Å². The smallest absolute Gasteiger partial charge is 0.310 e. The molecular weight excluding hydrogens is 364 g/mol. The van der Waals surface area contributed by atoms with Gasteiger partial charge < -0.3 is 9.47 Å². The maximum absolute atomic E-state index is 12.5. The van der Waals surface area contributed by atoms with Crippen molar-refractivity contribution in [2.75, 3.05) is 13.2 Å². The van der Waals surface area contributed by atoms with Gasteiger partial charge in [0.2, 0.25) is 0 Å². The van der Waals surface area contributed by atoms with Crippen LogP contribution in [0.2, 0.25) is 0 Å². The third kappa shape index (κ3) is 15.2. The van der Waals surface area contributed by atoms with Crippen LogP contribution < -0.4 is 0 Å². The van der Waals surface area contributed by atoms with Crippen molar-refractivity contribution >= 4 is 11.9 Å². The van der Waals surface area contributed by atoms with Gasteiger partial charge in [-0.1, -0.05) is 97.1 Å². The Morgan fingerprint density at radius 1 is 0.724 bits per heavy atom. The molecule has 170 valence electrons. The first kappa shape index (κ1) is 27.7. The number of allylic oxidation sites excluding steroid dienone is 2. The predicted molar refractivity (Wildman–Crippen MR) is 121 cm³/mol. The first-order valence-corrected chi connectivity index (χ1v) is 12.0. The van der Waals surface area contributed by atoms with Crippen LogP contribution in [0, 0.1) is 11.8 Å². The Morgan fingerprint density at radius 3 is 1.66 bits per heavy atom. The van der Waals surface area contributed by atoms with Crippen molar-refractivity contribution in [1.29, 1.82) is 0 Å². The highest BCUT2D eigenvalue weighted by molar-refractivity contribution is 5.82. The van der Waals surface area contributed by atoms with Crippen LogP contribution in [0.5, 0.6) is 0 Å². The highest BCUT2D eigenvalue weighted by Crippen LogP contribution is 2.21. The summed E-state index contributed by atoms with van der Waals surface area (Å²) < 4.78 is 10.9. The van der Waals surface area contributed by atoms with Crippen molar-refractivity contribution in [3.8, 4) is 0 Å². The van der Waals surface area contributed by atoms with E-state index in [1.54, 1.807) is 6.92 Å². The van der Waals surface area contributed by atoms with E-state index in [2.05, 4.69) is 13.8 Å².